The zero-order valence-corrected chi connectivity index (χ0v) is 16.6. The molecule has 0 spiro atoms. The van der Waals surface area contributed by atoms with E-state index in [1.165, 1.54) is 17.7 Å². The summed E-state index contributed by atoms with van der Waals surface area (Å²) >= 11 is 0. The van der Waals surface area contributed by atoms with E-state index >= 15 is 0 Å². The van der Waals surface area contributed by atoms with Gasteiger partial charge in [0.25, 0.3) is 5.91 Å². The monoisotopic (exact) mass is 423 g/mol. The number of nitrogens with one attached hydrogen (secondary N) is 1. The quantitative estimate of drug-likeness (QED) is 0.562. The first-order chi connectivity index (χ1) is 14.8. The molecule has 158 valence electrons. The van der Waals surface area contributed by atoms with Gasteiger partial charge in [-0.05, 0) is 60.2 Å². The van der Waals surface area contributed by atoms with E-state index in [1.54, 1.807) is 30.3 Å². The highest BCUT2D eigenvalue weighted by Gasteiger charge is 2.30. The van der Waals surface area contributed by atoms with E-state index in [9.17, 15) is 22.8 Å². The third-order valence-electron chi connectivity index (χ3n) is 5.48. The molecule has 0 saturated carbocycles. The Morgan fingerprint density at radius 3 is 2.35 bits per heavy atom. The summed E-state index contributed by atoms with van der Waals surface area (Å²) in [7, 11) is 0. The minimum Gasteiger partial charge on any atom is -0.348 e. The second-order valence-corrected chi connectivity index (χ2v) is 7.59. The minimum absolute atomic E-state index is 0.0792. The first-order valence-corrected chi connectivity index (χ1v) is 10.0. The number of carbonyl (C=O) groups is 2. The number of amides is 1. The molecule has 3 aromatic carbocycles. The largest absolute Gasteiger partial charge is 0.416 e. The first-order valence-electron chi connectivity index (χ1n) is 10.0. The van der Waals surface area contributed by atoms with Crippen LogP contribution in [0.3, 0.4) is 0 Å². The van der Waals surface area contributed by atoms with Crippen LogP contribution < -0.4 is 5.32 Å². The summed E-state index contributed by atoms with van der Waals surface area (Å²) in [4.78, 5) is 25.9. The van der Waals surface area contributed by atoms with Crippen LogP contribution in [0.5, 0.6) is 0 Å². The van der Waals surface area contributed by atoms with Crippen molar-refractivity contribution in [1.29, 1.82) is 0 Å². The SMILES string of the molecule is O=C(NCc1cccc(C(F)(F)F)c1)c1ccccc1C(=O)c1ccc2c(c1)CCC2. The molecule has 0 bridgehead atoms. The van der Waals surface area contributed by atoms with Crippen molar-refractivity contribution in [3.63, 3.8) is 0 Å². The first kappa shape index (κ1) is 20.8. The van der Waals surface area contributed by atoms with Gasteiger partial charge >= 0.3 is 6.18 Å². The van der Waals surface area contributed by atoms with Crippen LogP contribution in [-0.4, -0.2) is 11.7 Å². The fraction of sp³-hybridized carbons (Fsp3) is 0.200. The van der Waals surface area contributed by atoms with Crippen molar-refractivity contribution < 1.29 is 22.8 Å². The molecule has 1 N–H and O–H groups in total. The van der Waals surface area contributed by atoms with Gasteiger partial charge < -0.3 is 5.32 Å². The molecule has 1 aliphatic carbocycles. The smallest absolute Gasteiger partial charge is 0.348 e. The van der Waals surface area contributed by atoms with Crippen molar-refractivity contribution in [2.75, 3.05) is 0 Å². The predicted octanol–water partition coefficient (Wildman–Crippen LogP) is 5.36. The molecule has 31 heavy (non-hydrogen) atoms. The average Bonchev–Trinajstić information content (AvgIpc) is 3.24. The molecule has 0 unspecified atom stereocenters. The molecule has 0 fully saturated rings. The normalized spacial score (nSPS) is 13.0. The Morgan fingerprint density at radius 2 is 1.58 bits per heavy atom. The zero-order chi connectivity index (χ0) is 22.0. The Labute approximate surface area is 177 Å². The topological polar surface area (TPSA) is 46.2 Å². The molecule has 1 amide bonds. The molecule has 4 rings (SSSR count). The summed E-state index contributed by atoms with van der Waals surface area (Å²) in [5.41, 5.74) is 2.96. The summed E-state index contributed by atoms with van der Waals surface area (Å²) in [5.74, 6) is -0.762. The van der Waals surface area contributed by atoms with Crippen molar-refractivity contribution in [3.8, 4) is 0 Å². The van der Waals surface area contributed by atoms with E-state index < -0.39 is 17.6 Å². The van der Waals surface area contributed by atoms with E-state index in [2.05, 4.69) is 5.32 Å². The third-order valence-corrected chi connectivity index (χ3v) is 5.48. The van der Waals surface area contributed by atoms with E-state index in [1.807, 2.05) is 12.1 Å². The lowest BCUT2D eigenvalue weighted by molar-refractivity contribution is -0.137. The fourth-order valence-corrected chi connectivity index (χ4v) is 3.88. The van der Waals surface area contributed by atoms with Gasteiger partial charge in [0.1, 0.15) is 0 Å². The molecular weight excluding hydrogens is 403 g/mol. The number of rotatable bonds is 5. The molecule has 0 saturated heterocycles. The van der Waals surface area contributed by atoms with Crippen LogP contribution >= 0.6 is 0 Å². The van der Waals surface area contributed by atoms with Crippen LogP contribution in [0.15, 0.2) is 66.7 Å². The molecule has 0 aliphatic heterocycles. The highest BCUT2D eigenvalue weighted by atomic mass is 19.4. The predicted molar refractivity (Wildman–Crippen MR) is 111 cm³/mol. The minimum atomic E-state index is -4.45. The fourth-order valence-electron chi connectivity index (χ4n) is 3.88. The van der Waals surface area contributed by atoms with Gasteiger partial charge in [-0.15, -0.1) is 0 Å². The van der Waals surface area contributed by atoms with E-state index in [4.69, 9.17) is 0 Å². The second-order valence-electron chi connectivity index (χ2n) is 7.59. The zero-order valence-electron chi connectivity index (χ0n) is 16.6. The van der Waals surface area contributed by atoms with Crippen LogP contribution in [0, 0.1) is 0 Å². The number of ketones is 1. The summed E-state index contributed by atoms with van der Waals surface area (Å²) in [6.07, 6.45) is -1.43. The summed E-state index contributed by atoms with van der Waals surface area (Å²) < 4.78 is 38.7. The third kappa shape index (κ3) is 4.53. The number of alkyl halides is 3. The van der Waals surface area contributed by atoms with Gasteiger partial charge in [-0.2, -0.15) is 13.2 Å². The van der Waals surface area contributed by atoms with Crippen LogP contribution in [0.4, 0.5) is 13.2 Å². The molecule has 6 heteroatoms. The Morgan fingerprint density at radius 1 is 0.839 bits per heavy atom. The van der Waals surface area contributed by atoms with Crippen LogP contribution in [0.1, 0.15) is 55.0 Å². The Kier molecular flexibility index (Phi) is 5.63. The number of fused-ring (bicyclic) bond motifs is 1. The lowest BCUT2D eigenvalue weighted by Gasteiger charge is -2.12. The number of aryl methyl sites for hydroxylation is 2. The molecule has 3 aromatic rings. The van der Waals surface area contributed by atoms with Gasteiger partial charge in [0.05, 0.1) is 11.1 Å². The number of hydrogen-bond donors (Lipinski definition) is 1. The molecular formula is C25H20F3NO2. The lowest BCUT2D eigenvalue weighted by Crippen LogP contribution is -2.25. The van der Waals surface area contributed by atoms with E-state index in [-0.39, 0.29) is 23.5 Å². The Bertz CT molecular complexity index is 1150. The maximum absolute atomic E-state index is 13.1. The molecule has 0 atom stereocenters. The van der Waals surface area contributed by atoms with Gasteiger partial charge in [0.15, 0.2) is 5.78 Å². The molecule has 3 nitrogen and oxygen atoms in total. The van der Waals surface area contributed by atoms with E-state index in [0.29, 0.717) is 11.1 Å². The number of benzene rings is 3. The van der Waals surface area contributed by atoms with Crippen LogP contribution in [-0.2, 0) is 25.6 Å². The maximum atomic E-state index is 13.1. The van der Waals surface area contributed by atoms with Gasteiger partial charge in [0, 0.05) is 17.7 Å². The van der Waals surface area contributed by atoms with Gasteiger partial charge in [0.2, 0.25) is 0 Å². The number of halogens is 3. The molecule has 1 aliphatic rings. The number of hydrogen-bond acceptors (Lipinski definition) is 2. The average molecular weight is 423 g/mol. The lowest BCUT2D eigenvalue weighted by atomic mass is 9.95. The second kappa shape index (κ2) is 8.38. The Balaban J connectivity index is 1.53. The van der Waals surface area contributed by atoms with Gasteiger partial charge in [-0.3, -0.25) is 9.59 Å². The Hall–Kier alpha value is -3.41. The van der Waals surface area contributed by atoms with Crippen LogP contribution in [0.25, 0.3) is 0 Å². The van der Waals surface area contributed by atoms with Crippen molar-refractivity contribution in [2.24, 2.45) is 0 Å². The van der Waals surface area contributed by atoms with Gasteiger partial charge in [-0.25, -0.2) is 0 Å². The van der Waals surface area contributed by atoms with Crippen LogP contribution in [0.2, 0.25) is 0 Å². The summed E-state index contributed by atoms with van der Waals surface area (Å²) in [5, 5.41) is 2.62. The van der Waals surface area contributed by atoms with Crippen molar-refractivity contribution in [3.05, 3.63) is 106 Å². The number of carbonyl (C=O) groups excluding carboxylic acids is 2. The van der Waals surface area contributed by atoms with Gasteiger partial charge in [-0.1, -0.05) is 42.5 Å². The van der Waals surface area contributed by atoms with Crippen molar-refractivity contribution >= 4 is 11.7 Å². The highest BCUT2D eigenvalue weighted by molar-refractivity contribution is 6.15. The molecule has 0 heterocycles. The highest BCUT2D eigenvalue weighted by Crippen LogP contribution is 2.29. The molecule has 0 radical (unpaired) electrons. The standard InChI is InChI=1S/C25H20F3NO2/c26-25(27,28)20-8-3-5-16(13-20)15-29-24(31)22-10-2-1-9-21(22)23(30)19-12-11-17-6-4-7-18(17)14-19/h1-3,5,8-14H,4,6-7,15H2,(H,29,31). The summed E-state index contributed by atoms with van der Waals surface area (Å²) in [6.45, 7) is -0.0792. The summed E-state index contributed by atoms with van der Waals surface area (Å²) in [6, 6.07) is 16.9. The maximum Gasteiger partial charge on any atom is 0.416 e. The molecule has 0 aromatic heterocycles. The van der Waals surface area contributed by atoms with E-state index in [0.717, 1.165) is 37.0 Å². The van der Waals surface area contributed by atoms with Crippen molar-refractivity contribution in [2.45, 2.75) is 32.0 Å². The van der Waals surface area contributed by atoms with Crippen molar-refractivity contribution in [1.82, 2.24) is 5.32 Å².